The highest BCUT2D eigenvalue weighted by atomic mass is 16.6. The van der Waals surface area contributed by atoms with Gasteiger partial charge in [0.2, 0.25) is 0 Å². The zero-order chi connectivity index (χ0) is 11.7. The minimum atomic E-state index is -0.638. The predicted octanol–water partition coefficient (Wildman–Crippen LogP) is -0.198. The van der Waals surface area contributed by atoms with Crippen LogP contribution in [0.5, 0.6) is 0 Å². The molecule has 0 N–H and O–H groups in total. The first-order valence-corrected chi connectivity index (χ1v) is 5.03. The normalized spacial score (nSPS) is 32.9. The fourth-order valence-electron chi connectivity index (χ4n) is 2.32. The fourth-order valence-corrected chi connectivity index (χ4v) is 2.32. The third kappa shape index (κ3) is 1.70. The van der Waals surface area contributed by atoms with Gasteiger partial charge >= 0.3 is 24.4 Å². The van der Waals surface area contributed by atoms with E-state index in [4.69, 9.17) is 0 Å². The van der Waals surface area contributed by atoms with E-state index >= 15 is 0 Å². The minimum Gasteiger partial charge on any atom is -0.395 e. The molecule has 0 unspecified atom stereocenters. The Hall–Kier alpha value is -1.72. The van der Waals surface area contributed by atoms with Gasteiger partial charge < -0.3 is 9.47 Å². The van der Waals surface area contributed by atoms with E-state index in [1.807, 2.05) is 0 Å². The van der Waals surface area contributed by atoms with Gasteiger partial charge in [0.25, 0.3) is 0 Å². The zero-order valence-corrected chi connectivity index (χ0v) is 8.38. The van der Waals surface area contributed by atoms with Gasteiger partial charge in [-0.1, -0.05) is 0 Å². The van der Waals surface area contributed by atoms with Crippen molar-refractivity contribution >= 4 is 24.4 Å². The summed E-state index contributed by atoms with van der Waals surface area (Å²) >= 11 is 0. The van der Waals surface area contributed by atoms with E-state index < -0.39 is 35.7 Å². The first kappa shape index (κ1) is 10.8. The lowest BCUT2D eigenvalue weighted by atomic mass is 9.75. The lowest BCUT2D eigenvalue weighted by Crippen LogP contribution is -2.31. The summed E-state index contributed by atoms with van der Waals surface area (Å²) in [4.78, 5) is 43.8. The number of carbonyl (C=O) groups excluding carboxylic acids is 4. The Kier molecular flexibility index (Phi) is 2.72. The first-order valence-electron chi connectivity index (χ1n) is 5.03. The second-order valence-corrected chi connectivity index (χ2v) is 4.00. The standard InChI is InChI=1S/C10H10O6/c11-4-15-8(12)5-1-2-6-7(3-5)10(14)16-9(6)13/h4-7H,1-3H2/t5-,6+,7-/m0/s1. The van der Waals surface area contributed by atoms with E-state index in [2.05, 4.69) is 9.47 Å². The number of hydrogen-bond acceptors (Lipinski definition) is 6. The molecular formula is C10H10O6. The molecule has 0 aromatic heterocycles. The molecular weight excluding hydrogens is 216 g/mol. The van der Waals surface area contributed by atoms with Crippen LogP contribution in [0, 0.1) is 17.8 Å². The Bertz CT molecular complexity index is 360. The molecule has 0 aromatic rings. The zero-order valence-electron chi connectivity index (χ0n) is 8.38. The Morgan fingerprint density at radius 3 is 2.62 bits per heavy atom. The van der Waals surface area contributed by atoms with Crippen LogP contribution in [0.15, 0.2) is 0 Å². The monoisotopic (exact) mass is 226 g/mol. The van der Waals surface area contributed by atoms with E-state index in [0.29, 0.717) is 12.8 Å². The summed E-state index contributed by atoms with van der Waals surface area (Å²) in [5.74, 6) is -3.18. The number of cyclic esters (lactones) is 2. The first-order chi connectivity index (χ1) is 7.63. The molecule has 2 rings (SSSR count). The number of carbonyl (C=O) groups is 4. The molecule has 0 bridgehead atoms. The molecule has 86 valence electrons. The topological polar surface area (TPSA) is 86.7 Å². The Labute approximate surface area is 90.9 Å². The van der Waals surface area contributed by atoms with Gasteiger partial charge in [-0.3, -0.25) is 19.2 Å². The van der Waals surface area contributed by atoms with Crippen LogP contribution in [-0.4, -0.2) is 24.4 Å². The van der Waals surface area contributed by atoms with Crippen LogP contribution in [0.3, 0.4) is 0 Å². The maximum Gasteiger partial charge on any atom is 0.317 e. The SMILES string of the molecule is O=COC(=O)[C@H]1CC[C@H]2C(=O)OC(=O)[C@H]2C1. The molecule has 3 atom stereocenters. The highest BCUT2D eigenvalue weighted by Crippen LogP contribution is 2.39. The van der Waals surface area contributed by atoms with Crippen LogP contribution in [0.2, 0.25) is 0 Å². The number of hydrogen-bond donors (Lipinski definition) is 0. The molecule has 1 aliphatic carbocycles. The Morgan fingerprint density at radius 2 is 1.94 bits per heavy atom. The summed E-state index contributed by atoms with van der Waals surface area (Å²) in [5, 5.41) is 0. The Balaban J connectivity index is 2.05. The molecule has 2 aliphatic rings. The number of fused-ring (bicyclic) bond motifs is 1. The molecule has 2 fully saturated rings. The lowest BCUT2D eigenvalue weighted by Gasteiger charge is -2.25. The number of ether oxygens (including phenoxy) is 2. The van der Waals surface area contributed by atoms with Gasteiger partial charge in [0.15, 0.2) is 0 Å². The third-order valence-corrected chi connectivity index (χ3v) is 3.15. The summed E-state index contributed by atoms with van der Waals surface area (Å²) in [7, 11) is 0. The highest BCUT2D eigenvalue weighted by Gasteiger charge is 2.49. The van der Waals surface area contributed by atoms with Gasteiger partial charge in [-0.25, -0.2) is 0 Å². The quantitative estimate of drug-likeness (QED) is 0.368. The van der Waals surface area contributed by atoms with Crippen molar-refractivity contribution in [3.05, 3.63) is 0 Å². The van der Waals surface area contributed by atoms with E-state index in [1.54, 1.807) is 0 Å². The summed E-state index contributed by atoms with van der Waals surface area (Å²) in [5.41, 5.74) is 0. The van der Waals surface area contributed by atoms with E-state index in [-0.39, 0.29) is 12.9 Å². The molecule has 0 spiro atoms. The van der Waals surface area contributed by atoms with E-state index in [1.165, 1.54) is 0 Å². The predicted molar refractivity (Wildman–Crippen MR) is 47.6 cm³/mol. The van der Waals surface area contributed by atoms with Crippen LogP contribution in [-0.2, 0) is 28.7 Å². The summed E-state index contributed by atoms with van der Waals surface area (Å²) in [6, 6.07) is 0. The fraction of sp³-hybridized carbons (Fsp3) is 0.600. The molecule has 16 heavy (non-hydrogen) atoms. The van der Waals surface area contributed by atoms with Crippen LogP contribution >= 0.6 is 0 Å². The van der Waals surface area contributed by atoms with Crippen molar-refractivity contribution in [1.82, 2.24) is 0 Å². The van der Waals surface area contributed by atoms with Gasteiger partial charge in [0.1, 0.15) is 0 Å². The van der Waals surface area contributed by atoms with Crippen LogP contribution in [0.1, 0.15) is 19.3 Å². The number of esters is 3. The third-order valence-electron chi connectivity index (χ3n) is 3.15. The smallest absolute Gasteiger partial charge is 0.317 e. The van der Waals surface area contributed by atoms with Crippen molar-refractivity contribution in [3.63, 3.8) is 0 Å². The summed E-state index contributed by atoms with van der Waals surface area (Å²) in [6.07, 6.45) is 1.09. The van der Waals surface area contributed by atoms with Crippen molar-refractivity contribution in [2.24, 2.45) is 17.8 Å². The second-order valence-electron chi connectivity index (χ2n) is 4.00. The molecule has 0 radical (unpaired) electrons. The molecule has 1 saturated heterocycles. The molecule has 6 heteroatoms. The Morgan fingerprint density at radius 1 is 1.25 bits per heavy atom. The van der Waals surface area contributed by atoms with E-state index in [0.717, 1.165) is 0 Å². The molecule has 6 nitrogen and oxygen atoms in total. The van der Waals surface area contributed by atoms with Crippen molar-refractivity contribution in [1.29, 1.82) is 0 Å². The minimum absolute atomic E-state index is 0.0759. The average molecular weight is 226 g/mol. The van der Waals surface area contributed by atoms with Crippen LogP contribution in [0.4, 0.5) is 0 Å². The van der Waals surface area contributed by atoms with Gasteiger partial charge in [-0.2, -0.15) is 0 Å². The van der Waals surface area contributed by atoms with Crippen molar-refractivity contribution < 1.29 is 28.7 Å². The molecule has 0 amide bonds. The lowest BCUT2D eigenvalue weighted by molar-refractivity contribution is -0.157. The summed E-state index contributed by atoms with van der Waals surface area (Å²) in [6.45, 7) is 0.0759. The maximum absolute atomic E-state index is 11.3. The van der Waals surface area contributed by atoms with Gasteiger partial charge in [0, 0.05) is 0 Å². The highest BCUT2D eigenvalue weighted by molar-refractivity contribution is 5.97. The van der Waals surface area contributed by atoms with Gasteiger partial charge in [-0.05, 0) is 19.3 Å². The molecule has 1 saturated carbocycles. The van der Waals surface area contributed by atoms with Gasteiger partial charge in [-0.15, -0.1) is 0 Å². The number of rotatable bonds is 2. The molecule has 0 aromatic carbocycles. The van der Waals surface area contributed by atoms with Crippen molar-refractivity contribution in [2.75, 3.05) is 0 Å². The largest absolute Gasteiger partial charge is 0.395 e. The maximum atomic E-state index is 11.3. The van der Waals surface area contributed by atoms with Crippen molar-refractivity contribution in [3.8, 4) is 0 Å². The van der Waals surface area contributed by atoms with Gasteiger partial charge in [0.05, 0.1) is 17.8 Å². The van der Waals surface area contributed by atoms with Crippen molar-refractivity contribution in [2.45, 2.75) is 19.3 Å². The molecule has 1 aliphatic heterocycles. The second kappa shape index (κ2) is 4.03. The summed E-state index contributed by atoms with van der Waals surface area (Å²) < 4.78 is 8.73. The van der Waals surface area contributed by atoms with Crippen LogP contribution < -0.4 is 0 Å². The molecule has 1 heterocycles. The van der Waals surface area contributed by atoms with E-state index in [9.17, 15) is 19.2 Å². The average Bonchev–Trinajstić information content (AvgIpc) is 2.55. The van der Waals surface area contributed by atoms with Crippen LogP contribution in [0.25, 0.3) is 0 Å².